The number of nitrogens with two attached hydrogens (primary N) is 2. The standard InChI is InChI=1S/C15H20ClF2N5O4/c1-4-10(27-23-14(20)22-13(19)21-7(2)3)24-9-6-5-8(16)11-12(9)26-15(17,18)25-11/h5-7,10H,4H2,1-3H3,(H5,19,20,21,22,23). The van der Waals surface area contributed by atoms with E-state index < -0.39 is 12.6 Å². The molecule has 9 nitrogen and oxygen atoms in total. The van der Waals surface area contributed by atoms with Crippen LogP contribution in [-0.2, 0) is 4.84 Å². The molecule has 0 aliphatic carbocycles. The number of ether oxygens (including phenoxy) is 3. The lowest BCUT2D eigenvalue weighted by Gasteiger charge is -2.19. The van der Waals surface area contributed by atoms with Crippen molar-refractivity contribution in [2.24, 2.45) is 21.5 Å². The van der Waals surface area contributed by atoms with Gasteiger partial charge in [-0.2, -0.15) is 4.99 Å². The van der Waals surface area contributed by atoms with Gasteiger partial charge in [-0.05, 0) is 26.0 Å². The number of alkyl halides is 2. The summed E-state index contributed by atoms with van der Waals surface area (Å²) in [5.41, 5.74) is 13.6. The Morgan fingerprint density at radius 1 is 1.30 bits per heavy atom. The number of benzene rings is 1. The summed E-state index contributed by atoms with van der Waals surface area (Å²) in [6, 6.07) is 2.63. The molecule has 1 aromatic carbocycles. The van der Waals surface area contributed by atoms with Gasteiger partial charge in [0.1, 0.15) is 0 Å². The van der Waals surface area contributed by atoms with Gasteiger partial charge in [0.15, 0.2) is 11.5 Å². The van der Waals surface area contributed by atoms with E-state index in [4.69, 9.17) is 32.6 Å². The maximum Gasteiger partial charge on any atom is 0.586 e. The summed E-state index contributed by atoms with van der Waals surface area (Å²) in [7, 11) is 0. The highest BCUT2D eigenvalue weighted by atomic mass is 35.5. The van der Waals surface area contributed by atoms with Crippen molar-refractivity contribution in [3.05, 3.63) is 17.2 Å². The number of halogens is 3. The van der Waals surface area contributed by atoms with E-state index in [1.807, 2.05) is 13.8 Å². The second-order valence-electron chi connectivity index (χ2n) is 5.62. The normalized spacial score (nSPS) is 17.1. The van der Waals surface area contributed by atoms with E-state index in [0.717, 1.165) is 0 Å². The molecule has 0 saturated heterocycles. The molecule has 1 unspecified atom stereocenters. The molecular formula is C15H20ClF2N5O4. The first-order chi connectivity index (χ1) is 12.6. The van der Waals surface area contributed by atoms with Crippen LogP contribution in [0.25, 0.3) is 0 Å². The third-order valence-corrected chi connectivity index (χ3v) is 3.28. The van der Waals surface area contributed by atoms with Crippen LogP contribution in [0.3, 0.4) is 0 Å². The van der Waals surface area contributed by atoms with Gasteiger partial charge >= 0.3 is 6.29 Å². The summed E-state index contributed by atoms with van der Waals surface area (Å²) in [5.74, 6) is -0.885. The van der Waals surface area contributed by atoms with E-state index in [9.17, 15) is 8.78 Å². The van der Waals surface area contributed by atoms with E-state index in [0.29, 0.717) is 6.42 Å². The minimum absolute atomic E-state index is 0.0316. The molecule has 150 valence electrons. The van der Waals surface area contributed by atoms with Gasteiger partial charge in [0.25, 0.3) is 0 Å². The van der Waals surface area contributed by atoms with Gasteiger partial charge < -0.3 is 25.7 Å². The van der Waals surface area contributed by atoms with Crippen molar-refractivity contribution in [3.63, 3.8) is 0 Å². The Bertz CT molecular complexity index is 745. The van der Waals surface area contributed by atoms with Crippen LogP contribution in [0.15, 0.2) is 22.1 Å². The van der Waals surface area contributed by atoms with Gasteiger partial charge in [-0.25, -0.2) is 15.3 Å². The van der Waals surface area contributed by atoms with Gasteiger partial charge in [0, 0.05) is 12.5 Å². The van der Waals surface area contributed by atoms with Crippen molar-refractivity contribution >= 4 is 23.5 Å². The molecule has 2 rings (SSSR count). The fourth-order valence-corrected chi connectivity index (χ4v) is 2.15. The van der Waals surface area contributed by atoms with Crippen LogP contribution < -0.4 is 31.2 Å². The molecule has 0 aromatic heterocycles. The molecule has 5 N–H and O–H groups in total. The molecule has 1 aliphatic heterocycles. The molecular weight excluding hydrogens is 388 g/mol. The molecule has 0 amide bonds. The highest BCUT2D eigenvalue weighted by Crippen LogP contribution is 2.51. The number of fused-ring (bicyclic) bond motifs is 1. The predicted molar refractivity (Wildman–Crippen MR) is 95.0 cm³/mol. The topological polar surface area (TPSA) is 126 Å². The number of hydrogen-bond donors (Lipinski definition) is 3. The van der Waals surface area contributed by atoms with Gasteiger partial charge in [0.2, 0.25) is 24.0 Å². The fourth-order valence-electron chi connectivity index (χ4n) is 1.96. The van der Waals surface area contributed by atoms with Crippen LogP contribution in [-0.4, -0.2) is 30.5 Å². The number of nitrogens with zero attached hydrogens (tertiary/aromatic N) is 2. The van der Waals surface area contributed by atoms with Crippen LogP contribution >= 0.6 is 11.6 Å². The maximum atomic E-state index is 13.3. The fraction of sp³-hybridized carbons (Fsp3) is 0.467. The monoisotopic (exact) mass is 407 g/mol. The summed E-state index contributed by atoms with van der Waals surface area (Å²) in [6.07, 6.45) is -4.44. The second kappa shape index (κ2) is 8.44. The van der Waals surface area contributed by atoms with Crippen molar-refractivity contribution in [1.82, 2.24) is 5.48 Å². The molecule has 1 aliphatic rings. The lowest BCUT2D eigenvalue weighted by Crippen LogP contribution is -2.38. The predicted octanol–water partition coefficient (Wildman–Crippen LogP) is 2.34. The van der Waals surface area contributed by atoms with Gasteiger partial charge in [0.05, 0.1) is 5.02 Å². The quantitative estimate of drug-likeness (QED) is 0.286. The Morgan fingerprint density at radius 2 is 1.96 bits per heavy atom. The maximum absolute atomic E-state index is 13.3. The molecule has 0 saturated carbocycles. The van der Waals surface area contributed by atoms with Crippen molar-refractivity contribution in [2.75, 3.05) is 0 Å². The molecule has 12 heteroatoms. The number of hydrogen-bond acceptors (Lipinski definition) is 5. The molecule has 1 aromatic rings. The number of guanidine groups is 2. The third-order valence-electron chi connectivity index (χ3n) is 2.98. The average molecular weight is 408 g/mol. The Balaban J connectivity index is 2.05. The first kappa shape index (κ1) is 20.8. The minimum atomic E-state index is -3.84. The highest BCUT2D eigenvalue weighted by Gasteiger charge is 2.46. The highest BCUT2D eigenvalue weighted by molar-refractivity contribution is 6.32. The van der Waals surface area contributed by atoms with E-state index in [2.05, 4.69) is 24.9 Å². The van der Waals surface area contributed by atoms with Crippen LogP contribution in [0, 0.1) is 0 Å². The van der Waals surface area contributed by atoms with Crippen LogP contribution in [0.2, 0.25) is 5.02 Å². The van der Waals surface area contributed by atoms with Gasteiger partial charge in [-0.1, -0.05) is 18.5 Å². The summed E-state index contributed by atoms with van der Waals surface area (Å²) < 4.78 is 41.0. The molecule has 0 bridgehead atoms. The van der Waals surface area contributed by atoms with E-state index in [-0.39, 0.29) is 40.2 Å². The lowest BCUT2D eigenvalue weighted by molar-refractivity contribution is -0.287. The van der Waals surface area contributed by atoms with Crippen LogP contribution in [0.1, 0.15) is 27.2 Å². The minimum Gasteiger partial charge on any atom is -0.459 e. The Kier molecular flexibility index (Phi) is 6.50. The van der Waals surface area contributed by atoms with E-state index in [1.54, 1.807) is 6.92 Å². The molecule has 1 heterocycles. The largest absolute Gasteiger partial charge is 0.586 e. The van der Waals surface area contributed by atoms with E-state index in [1.165, 1.54) is 12.1 Å². The summed E-state index contributed by atoms with van der Waals surface area (Å²) in [5, 5.41) is -0.0436. The van der Waals surface area contributed by atoms with Gasteiger partial charge in [-0.3, -0.25) is 0 Å². The second-order valence-corrected chi connectivity index (χ2v) is 6.03. The SMILES string of the molecule is CCC(ONC(N)=NC(N)=NC(C)C)Oc1ccc(Cl)c2c1OC(F)(F)O2. The number of rotatable bonds is 6. The molecule has 1 atom stereocenters. The molecule has 0 radical (unpaired) electrons. The zero-order chi connectivity index (χ0) is 20.2. The molecule has 0 fully saturated rings. The third kappa shape index (κ3) is 5.73. The summed E-state index contributed by atoms with van der Waals surface area (Å²) in [6.45, 7) is 5.38. The van der Waals surface area contributed by atoms with E-state index >= 15 is 0 Å². The Hall–Kier alpha value is -2.53. The van der Waals surface area contributed by atoms with Crippen molar-refractivity contribution in [2.45, 2.75) is 45.8 Å². The van der Waals surface area contributed by atoms with Crippen molar-refractivity contribution < 1.29 is 27.8 Å². The van der Waals surface area contributed by atoms with Crippen LogP contribution in [0.5, 0.6) is 17.2 Å². The van der Waals surface area contributed by atoms with Crippen LogP contribution in [0.4, 0.5) is 8.78 Å². The zero-order valence-corrected chi connectivity index (χ0v) is 15.6. The first-order valence-electron chi connectivity index (χ1n) is 7.95. The zero-order valence-electron chi connectivity index (χ0n) is 14.8. The molecule has 27 heavy (non-hydrogen) atoms. The Morgan fingerprint density at radius 3 is 2.59 bits per heavy atom. The summed E-state index contributed by atoms with van der Waals surface area (Å²) in [4.78, 5) is 13.0. The first-order valence-corrected chi connectivity index (χ1v) is 8.33. The summed E-state index contributed by atoms with van der Waals surface area (Å²) >= 11 is 5.83. The smallest absolute Gasteiger partial charge is 0.459 e. The Labute approximate surface area is 159 Å². The molecule has 0 spiro atoms. The van der Waals surface area contributed by atoms with Gasteiger partial charge in [-0.15, -0.1) is 8.78 Å². The number of aliphatic imine (C=N–C) groups is 2. The van der Waals surface area contributed by atoms with Crippen molar-refractivity contribution in [3.8, 4) is 17.2 Å². The number of hydroxylamine groups is 1. The lowest BCUT2D eigenvalue weighted by atomic mass is 10.3. The number of nitrogens with one attached hydrogen (secondary N) is 1. The van der Waals surface area contributed by atoms with Crippen molar-refractivity contribution in [1.29, 1.82) is 0 Å². The average Bonchev–Trinajstić information content (AvgIpc) is 2.89.